The van der Waals surface area contributed by atoms with Crippen molar-refractivity contribution in [3.8, 4) is 0 Å². The summed E-state index contributed by atoms with van der Waals surface area (Å²) in [5.74, 6) is -0.263. The number of ether oxygens (including phenoxy) is 1. The Kier molecular flexibility index (Phi) is 5.87. The lowest BCUT2D eigenvalue weighted by atomic mass is 10.1. The van der Waals surface area contributed by atoms with Crippen LogP contribution in [0.3, 0.4) is 0 Å². The normalized spacial score (nSPS) is 30.6. The van der Waals surface area contributed by atoms with E-state index in [2.05, 4.69) is 23.6 Å². The molecule has 0 bridgehead atoms. The molecule has 2 fully saturated rings. The largest absolute Gasteiger partial charge is 0.387 e. The van der Waals surface area contributed by atoms with Crippen LogP contribution in [0.4, 0.5) is 4.39 Å². The van der Waals surface area contributed by atoms with Gasteiger partial charge in [0.05, 0.1) is 18.3 Å². The van der Waals surface area contributed by atoms with Gasteiger partial charge in [0.2, 0.25) is 0 Å². The molecular formula is C19H29FN2O2. The highest BCUT2D eigenvalue weighted by Crippen LogP contribution is 2.24. The minimum atomic E-state index is -0.561. The Hall–Kier alpha value is -1.01. The number of benzene rings is 1. The molecule has 4 atom stereocenters. The van der Waals surface area contributed by atoms with Crippen molar-refractivity contribution in [3.05, 3.63) is 35.6 Å². The first-order valence-corrected chi connectivity index (χ1v) is 9.06. The first-order chi connectivity index (χ1) is 11.5. The van der Waals surface area contributed by atoms with Gasteiger partial charge >= 0.3 is 0 Å². The number of β-amino-alcohol motifs (C(OH)–C–C–N with tert-alkyl or cyclic N) is 1. The third-order valence-electron chi connectivity index (χ3n) is 5.13. The lowest BCUT2D eigenvalue weighted by molar-refractivity contribution is -0.0729. The number of morpholine rings is 1. The van der Waals surface area contributed by atoms with Gasteiger partial charge in [0, 0.05) is 32.2 Å². The molecule has 2 saturated heterocycles. The topological polar surface area (TPSA) is 35.9 Å². The van der Waals surface area contributed by atoms with Gasteiger partial charge in [0.25, 0.3) is 0 Å². The average molecular weight is 336 g/mol. The van der Waals surface area contributed by atoms with Crippen LogP contribution in [0.1, 0.15) is 38.4 Å². The molecule has 0 radical (unpaired) electrons. The zero-order valence-corrected chi connectivity index (χ0v) is 14.7. The fourth-order valence-electron chi connectivity index (χ4n) is 4.09. The van der Waals surface area contributed by atoms with Crippen LogP contribution in [0.15, 0.2) is 24.3 Å². The first kappa shape index (κ1) is 17.8. The summed E-state index contributed by atoms with van der Waals surface area (Å²) >= 11 is 0. The van der Waals surface area contributed by atoms with E-state index in [1.165, 1.54) is 25.0 Å². The molecule has 2 heterocycles. The molecule has 0 spiro atoms. The number of hydrogen-bond acceptors (Lipinski definition) is 4. The molecule has 0 saturated carbocycles. The summed E-state index contributed by atoms with van der Waals surface area (Å²) in [5.41, 5.74) is 0.788. The summed E-state index contributed by atoms with van der Waals surface area (Å²) in [4.78, 5) is 4.88. The molecule has 2 aliphatic rings. The van der Waals surface area contributed by atoms with Gasteiger partial charge < -0.3 is 9.84 Å². The highest BCUT2D eigenvalue weighted by molar-refractivity contribution is 5.18. The van der Waals surface area contributed by atoms with Crippen LogP contribution in [0.2, 0.25) is 0 Å². The Morgan fingerprint density at radius 3 is 2.54 bits per heavy atom. The molecule has 0 aromatic heterocycles. The van der Waals surface area contributed by atoms with E-state index in [4.69, 9.17) is 4.74 Å². The summed E-state index contributed by atoms with van der Waals surface area (Å²) < 4.78 is 18.8. The SMILES string of the molecule is CC1CN(CC2CCCN2CC(O)c2ccc(F)cc2)CC(C)O1. The fraction of sp³-hybridized carbons (Fsp3) is 0.684. The average Bonchev–Trinajstić information content (AvgIpc) is 2.93. The van der Waals surface area contributed by atoms with Crippen molar-refractivity contribution in [1.82, 2.24) is 9.80 Å². The van der Waals surface area contributed by atoms with Crippen molar-refractivity contribution < 1.29 is 14.2 Å². The van der Waals surface area contributed by atoms with E-state index >= 15 is 0 Å². The Bertz CT molecular complexity index is 515. The molecule has 0 amide bonds. The minimum absolute atomic E-state index is 0.263. The van der Waals surface area contributed by atoms with E-state index in [9.17, 15) is 9.50 Å². The monoisotopic (exact) mass is 336 g/mol. The molecule has 1 N–H and O–H groups in total. The standard InChI is InChI=1S/C19H29FN2O2/c1-14-10-21(11-15(2)24-14)12-18-4-3-9-22(18)13-19(23)16-5-7-17(20)8-6-16/h5-8,14-15,18-19,23H,3-4,9-13H2,1-2H3. The minimum Gasteiger partial charge on any atom is -0.387 e. The number of aliphatic hydroxyl groups is 1. The van der Waals surface area contributed by atoms with Crippen LogP contribution in [-0.4, -0.2) is 65.9 Å². The van der Waals surface area contributed by atoms with Gasteiger partial charge in [0.15, 0.2) is 0 Å². The molecule has 1 aromatic rings. The zero-order chi connectivity index (χ0) is 17.1. The second kappa shape index (κ2) is 7.91. The number of hydrogen-bond donors (Lipinski definition) is 1. The molecule has 3 rings (SSSR count). The molecule has 2 aliphatic heterocycles. The smallest absolute Gasteiger partial charge is 0.123 e. The van der Waals surface area contributed by atoms with Gasteiger partial charge in [0.1, 0.15) is 5.82 Å². The van der Waals surface area contributed by atoms with E-state index in [1.807, 2.05) is 0 Å². The van der Waals surface area contributed by atoms with Crippen LogP contribution in [-0.2, 0) is 4.74 Å². The second-order valence-electron chi connectivity index (χ2n) is 7.33. The van der Waals surface area contributed by atoms with Crippen LogP contribution in [0.25, 0.3) is 0 Å². The van der Waals surface area contributed by atoms with Crippen molar-refractivity contribution in [2.75, 3.05) is 32.7 Å². The van der Waals surface area contributed by atoms with E-state index < -0.39 is 6.10 Å². The fourth-order valence-corrected chi connectivity index (χ4v) is 4.09. The number of halogens is 1. The Morgan fingerprint density at radius 2 is 1.88 bits per heavy atom. The van der Waals surface area contributed by atoms with E-state index in [-0.39, 0.29) is 18.0 Å². The molecule has 4 unspecified atom stereocenters. The van der Waals surface area contributed by atoms with Crippen LogP contribution >= 0.6 is 0 Å². The van der Waals surface area contributed by atoms with Crippen molar-refractivity contribution >= 4 is 0 Å². The van der Waals surface area contributed by atoms with Crippen LogP contribution < -0.4 is 0 Å². The number of rotatable bonds is 5. The maximum atomic E-state index is 13.0. The predicted molar refractivity (Wildman–Crippen MR) is 92.4 cm³/mol. The lowest BCUT2D eigenvalue weighted by Crippen LogP contribution is -2.50. The van der Waals surface area contributed by atoms with Gasteiger partial charge in [-0.15, -0.1) is 0 Å². The third kappa shape index (κ3) is 4.54. The summed E-state index contributed by atoms with van der Waals surface area (Å²) in [6.07, 6.45) is 2.36. The summed E-state index contributed by atoms with van der Waals surface area (Å²) in [6, 6.07) is 6.66. The van der Waals surface area contributed by atoms with Gasteiger partial charge in [-0.3, -0.25) is 9.80 Å². The lowest BCUT2D eigenvalue weighted by Gasteiger charge is -2.38. The van der Waals surface area contributed by atoms with Crippen molar-refractivity contribution in [2.45, 2.75) is 51.0 Å². The molecule has 5 heteroatoms. The van der Waals surface area contributed by atoms with Gasteiger partial charge in [-0.2, -0.15) is 0 Å². The number of nitrogens with zero attached hydrogens (tertiary/aromatic N) is 2. The molecular weight excluding hydrogens is 307 g/mol. The quantitative estimate of drug-likeness (QED) is 0.896. The van der Waals surface area contributed by atoms with E-state index in [0.29, 0.717) is 12.6 Å². The third-order valence-corrected chi connectivity index (χ3v) is 5.13. The molecule has 134 valence electrons. The highest BCUT2D eigenvalue weighted by Gasteiger charge is 2.30. The van der Waals surface area contributed by atoms with Crippen LogP contribution in [0, 0.1) is 5.82 Å². The molecule has 4 nitrogen and oxygen atoms in total. The molecule has 0 aliphatic carbocycles. The molecule has 24 heavy (non-hydrogen) atoms. The van der Waals surface area contributed by atoms with Gasteiger partial charge in [-0.25, -0.2) is 4.39 Å². The number of aliphatic hydroxyl groups excluding tert-OH is 1. The maximum Gasteiger partial charge on any atom is 0.123 e. The summed E-state index contributed by atoms with van der Waals surface area (Å²) in [6.45, 7) is 8.91. The predicted octanol–water partition coefficient (Wildman–Crippen LogP) is 2.43. The van der Waals surface area contributed by atoms with Crippen molar-refractivity contribution in [2.24, 2.45) is 0 Å². The van der Waals surface area contributed by atoms with E-state index in [0.717, 1.165) is 31.7 Å². The second-order valence-corrected chi connectivity index (χ2v) is 7.33. The first-order valence-electron chi connectivity index (χ1n) is 9.06. The molecule has 1 aromatic carbocycles. The Balaban J connectivity index is 1.56. The van der Waals surface area contributed by atoms with E-state index in [1.54, 1.807) is 12.1 Å². The number of likely N-dealkylation sites (tertiary alicyclic amines) is 1. The van der Waals surface area contributed by atoms with Gasteiger partial charge in [-0.1, -0.05) is 12.1 Å². The maximum absolute atomic E-state index is 13.0. The highest BCUT2D eigenvalue weighted by atomic mass is 19.1. The Labute approximate surface area is 144 Å². The zero-order valence-electron chi connectivity index (χ0n) is 14.7. The van der Waals surface area contributed by atoms with Gasteiger partial charge in [-0.05, 0) is 50.9 Å². The van der Waals surface area contributed by atoms with Crippen LogP contribution in [0.5, 0.6) is 0 Å². The summed E-state index contributed by atoms with van der Waals surface area (Å²) in [5, 5.41) is 10.5. The van der Waals surface area contributed by atoms with Crippen molar-refractivity contribution in [1.29, 1.82) is 0 Å². The Morgan fingerprint density at radius 1 is 1.21 bits per heavy atom. The summed E-state index contributed by atoms with van der Waals surface area (Å²) in [7, 11) is 0. The van der Waals surface area contributed by atoms with Crippen molar-refractivity contribution in [3.63, 3.8) is 0 Å².